The average Bonchev–Trinajstić information content (AvgIpc) is 3.12. The van der Waals surface area contributed by atoms with Crippen LogP contribution in [0.25, 0.3) is 11.2 Å². The molecule has 1 aliphatic heterocycles. The van der Waals surface area contributed by atoms with Crippen molar-refractivity contribution in [2.24, 2.45) is 0 Å². The molecule has 0 saturated carbocycles. The molecule has 0 amide bonds. The molecule has 0 spiro atoms. The van der Waals surface area contributed by atoms with Gasteiger partial charge in [-0.1, -0.05) is 0 Å². The summed E-state index contributed by atoms with van der Waals surface area (Å²) >= 11 is 0. The van der Waals surface area contributed by atoms with E-state index >= 15 is 0 Å². The van der Waals surface area contributed by atoms with Gasteiger partial charge in [0.05, 0.1) is 12.9 Å². The van der Waals surface area contributed by atoms with Crippen LogP contribution in [0.5, 0.6) is 0 Å². The predicted molar refractivity (Wildman–Crippen MR) is 92.3 cm³/mol. The minimum Gasteiger partial charge on any atom is -0.756 e. The van der Waals surface area contributed by atoms with E-state index in [1.807, 2.05) is 4.98 Å². The van der Waals surface area contributed by atoms with Crippen LogP contribution in [0.1, 0.15) is 6.23 Å². The molecule has 180 valence electrons. The van der Waals surface area contributed by atoms with Crippen molar-refractivity contribution >= 4 is 34.6 Å². The fraction of sp³-hybridized carbons (Fsp3) is 0.500. The smallest absolute Gasteiger partial charge is 0.756 e. The number of H-pyrrole nitrogens is 2. The summed E-state index contributed by atoms with van der Waals surface area (Å²) in [6.07, 6.45) is -5.66. The quantitative estimate of drug-likeness (QED) is 0.127. The van der Waals surface area contributed by atoms with Gasteiger partial charge in [0.1, 0.15) is 24.0 Å². The Labute approximate surface area is 231 Å². The number of phosphoric acid groups is 3. The summed E-state index contributed by atoms with van der Waals surface area (Å²) in [5, 5.41) is 20.3. The van der Waals surface area contributed by atoms with Crippen LogP contribution in [0.15, 0.2) is 15.9 Å². The van der Waals surface area contributed by atoms with Gasteiger partial charge in [-0.05, 0) is 0 Å². The van der Waals surface area contributed by atoms with E-state index in [-0.39, 0.29) is 70.3 Å². The zero-order chi connectivity index (χ0) is 24.1. The van der Waals surface area contributed by atoms with Gasteiger partial charge in [-0.15, -0.1) is 0 Å². The molecule has 19 nitrogen and oxygen atoms in total. The largest absolute Gasteiger partial charge is 1.00 e. The van der Waals surface area contributed by atoms with E-state index in [1.54, 1.807) is 0 Å². The third-order valence-corrected chi connectivity index (χ3v) is 7.61. The van der Waals surface area contributed by atoms with Crippen molar-refractivity contribution in [3.63, 3.8) is 0 Å². The molecular weight excluding hydrogens is 555 g/mol. The molecule has 1 saturated heterocycles. The van der Waals surface area contributed by atoms with Gasteiger partial charge in [0.25, 0.3) is 21.2 Å². The second-order valence-corrected chi connectivity index (χ2v) is 10.5. The van der Waals surface area contributed by atoms with Gasteiger partial charge in [0.15, 0.2) is 11.7 Å². The molecule has 3 unspecified atom stereocenters. The van der Waals surface area contributed by atoms with Gasteiger partial charge in [-0.2, -0.15) is 0 Å². The van der Waals surface area contributed by atoms with E-state index < -0.39 is 65.9 Å². The second-order valence-electron chi connectivity index (χ2n) is 6.15. The maximum Gasteiger partial charge on any atom is 1.00 e. The van der Waals surface area contributed by atoms with Crippen molar-refractivity contribution in [1.82, 2.24) is 19.5 Å². The molecule has 24 heteroatoms. The maximum atomic E-state index is 11.7. The number of imidazole rings is 1. The number of phosphoric ester groups is 1. The minimum absolute atomic E-state index is 0. The number of nitrogens with one attached hydrogen (secondary N) is 2. The summed E-state index contributed by atoms with van der Waals surface area (Å²) in [5.41, 5.74) is -2.20. The van der Waals surface area contributed by atoms with Crippen LogP contribution >= 0.6 is 23.5 Å². The van der Waals surface area contributed by atoms with E-state index in [2.05, 4.69) is 23.1 Å². The summed E-state index contributed by atoms with van der Waals surface area (Å²) in [7, 11) is -17.5. The summed E-state index contributed by atoms with van der Waals surface area (Å²) < 4.78 is 50.6. The van der Waals surface area contributed by atoms with Gasteiger partial charge in [0.2, 0.25) is 0 Å². The molecule has 6 N–H and O–H groups in total. The van der Waals surface area contributed by atoms with Gasteiger partial charge in [0, 0.05) is 0 Å². The number of aromatic amines is 2. The van der Waals surface area contributed by atoms with E-state index in [4.69, 9.17) is 9.63 Å². The maximum absolute atomic E-state index is 11.7. The van der Waals surface area contributed by atoms with Gasteiger partial charge in [-0.25, -0.2) is 23.0 Å². The van der Waals surface area contributed by atoms with Crippen molar-refractivity contribution in [2.45, 2.75) is 24.5 Å². The zero-order valence-corrected chi connectivity index (χ0v) is 23.8. The van der Waals surface area contributed by atoms with Crippen LogP contribution in [0.2, 0.25) is 0 Å². The predicted octanol–water partition coefficient (Wildman–Crippen LogP) is -9.88. The minimum atomic E-state index is -6.06. The summed E-state index contributed by atoms with van der Waals surface area (Å²) in [6.45, 7) is -1.08. The molecule has 0 bridgehead atoms. The van der Waals surface area contributed by atoms with Crippen molar-refractivity contribution in [3.05, 3.63) is 27.2 Å². The van der Waals surface area contributed by atoms with Crippen LogP contribution in [-0.2, 0) is 31.6 Å². The molecule has 7 atom stereocenters. The average molecular weight is 568 g/mol. The van der Waals surface area contributed by atoms with Crippen LogP contribution in [0, 0.1) is 0 Å². The number of nitrogens with zero attached hydrogens (tertiary/aromatic N) is 2. The molecule has 1 fully saturated rings. The van der Waals surface area contributed by atoms with E-state index in [9.17, 15) is 48.2 Å². The molecule has 2 aromatic rings. The number of fused-ring (bicyclic) bond motifs is 1. The SMILES string of the molecule is O=c1[nH]c(=O)c2ncn([C@H]3O[C@@H](COP(=O)(O)OP(=O)([O-])OP(=O)([O-])O)[C@H](O)[C@@H]3O)c2[nH]1.[Na+].[Na+]. The molecule has 3 heterocycles. The Kier molecular flexibility index (Phi) is 11.3. The van der Waals surface area contributed by atoms with Crippen LogP contribution in [0.3, 0.4) is 0 Å². The third kappa shape index (κ3) is 7.97. The molecule has 0 radical (unpaired) electrons. The monoisotopic (exact) mass is 568 g/mol. The molecule has 1 aliphatic rings. The fourth-order valence-electron chi connectivity index (χ4n) is 2.70. The third-order valence-electron chi connectivity index (χ3n) is 3.89. The van der Waals surface area contributed by atoms with E-state index in [1.165, 1.54) is 0 Å². The standard InChI is InChI=1S/C10H15N4O15P3.2Na/c15-5-3(1-26-31(22,23)29-32(24,25)28-30(19,20)21)27-9(6(5)16)14-2-11-4-7(14)12-10(18)13-8(4)17;;/h2-3,5-6,9,15-16H,1H2,(H,22,23)(H,24,25)(H2,19,20,21)(H2,12,13,17,18);;/q;2*+1/p-2/t3-,5-,6-,9-;;/m0../s1. The van der Waals surface area contributed by atoms with Crippen LogP contribution in [0.4, 0.5) is 0 Å². The first-order valence-electron chi connectivity index (χ1n) is 8.04. The molecule has 2 aromatic heterocycles. The van der Waals surface area contributed by atoms with E-state index in [0.717, 1.165) is 10.9 Å². The topological polar surface area (TPSA) is 299 Å². The Morgan fingerprint density at radius 3 is 2.29 bits per heavy atom. The van der Waals surface area contributed by atoms with Crippen molar-refractivity contribution in [3.8, 4) is 0 Å². The number of aliphatic hydroxyl groups is 2. The molecule has 0 aromatic carbocycles. The first-order chi connectivity index (χ1) is 14.6. The number of hydrogen-bond acceptors (Lipinski definition) is 14. The Morgan fingerprint density at radius 1 is 1.09 bits per heavy atom. The summed E-state index contributed by atoms with van der Waals surface area (Å²) in [6, 6.07) is 0. The van der Waals surface area contributed by atoms with Gasteiger partial charge >= 0.3 is 72.6 Å². The Morgan fingerprint density at radius 2 is 1.71 bits per heavy atom. The summed E-state index contributed by atoms with van der Waals surface area (Å²) in [5.74, 6) is 0. The number of rotatable bonds is 8. The Balaban J connectivity index is 0.00000289. The van der Waals surface area contributed by atoms with Crippen molar-refractivity contribution < 1.29 is 120 Å². The number of ether oxygens (including phenoxy) is 1. The van der Waals surface area contributed by atoms with Gasteiger partial charge < -0.3 is 34.5 Å². The van der Waals surface area contributed by atoms with Crippen molar-refractivity contribution in [1.29, 1.82) is 0 Å². The Bertz CT molecular complexity index is 1270. The zero-order valence-electron chi connectivity index (χ0n) is 17.1. The number of aliphatic hydroxyl groups excluding tert-OH is 2. The number of aromatic nitrogens is 4. The Hall–Kier alpha value is 0.440. The molecular formula is C10H13N4Na2O15P3. The van der Waals surface area contributed by atoms with Gasteiger partial charge in [-0.3, -0.25) is 33.0 Å². The second kappa shape index (κ2) is 11.9. The van der Waals surface area contributed by atoms with Crippen LogP contribution < -0.4 is 80.2 Å². The first-order valence-corrected chi connectivity index (χ1v) is 12.5. The molecule has 0 aliphatic carbocycles. The normalized spacial score (nSPS) is 27.7. The molecule has 3 rings (SSSR count). The van der Waals surface area contributed by atoms with Crippen molar-refractivity contribution in [2.75, 3.05) is 6.61 Å². The van der Waals surface area contributed by atoms with E-state index in [0.29, 0.717) is 0 Å². The summed E-state index contributed by atoms with van der Waals surface area (Å²) in [4.78, 5) is 70.5. The fourth-order valence-corrected chi connectivity index (χ4v) is 5.63. The number of hydrogen-bond donors (Lipinski definition) is 6. The van der Waals surface area contributed by atoms with Crippen LogP contribution in [-0.4, -0.2) is 64.4 Å². The first kappa shape index (κ1) is 32.5. The molecule has 34 heavy (non-hydrogen) atoms.